The highest BCUT2D eigenvalue weighted by Crippen LogP contribution is 2.44. The van der Waals surface area contributed by atoms with Crippen LogP contribution < -0.4 is 0 Å². The van der Waals surface area contributed by atoms with E-state index in [0.717, 1.165) is 9.80 Å². The van der Waals surface area contributed by atoms with Gasteiger partial charge in [0.25, 0.3) is 11.8 Å². The van der Waals surface area contributed by atoms with Crippen molar-refractivity contribution < 1.29 is 23.6 Å². The summed E-state index contributed by atoms with van der Waals surface area (Å²) in [4.78, 5) is 54.6. The normalized spacial score (nSPS) is 21.0. The van der Waals surface area contributed by atoms with Gasteiger partial charge < -0.3 is 0 Å². The number of fused-ring (bicyclic) bond motifs is 2. The molecular weight excluding hydrogens is 455 g/mol. The van der Waals surface area contributed by atoms with Crippen molar-refractivity contribution in [2.45, 2.75) is 31.7 Å². The fourth-order valence-electron chi connectivity index (χ4n) is 4.16. The lowest BCUT2D eigenvalue weighted by atomic mass is 9.72. The molecule has 1 fully saturated rings. The Hall–Kier alpha value is -2.87. The quantitative estimate of drug-likeness (QED) is 0.505. The van der Waals surface area contributed by atoms with Crippen LogP contribution in [0, 0.1) is 5.82 Å². The molecule has 0 aliphatic carbocycles. The monoisotopic (exact) mass is 472 g/mol. The third kappa shape index (κ3) is 2.89. The van der Waals surface area contributed by atoms with Gasteiger partial charge in [0.05, 0.1) is 13.0 Å². The van der Waals surface area contributed by atoms with Crippen LogP contribution in [0.3, 0.4) is 0 Å². The van der Waals surface area contributed by atoms with Crippen molar-refractivity contribution in [3.8, 4) is 0 Å². The maximum absolute atomic E-state index is 14.4. The summed E-state index contributed by atoms with van der Waals surface area (Å²) in [6, 6.07) is 10.6. The molecule has 2 aliphatic heterocycles. The lowest BCUT2D eigenvalue weighted by molar-refractivity contribution is -0.146. The summed E-state index contributed by atoms with van der Waals surface area (Å²) in [5.41, 5.74) is -1.24. The minimum Gasteiger partial charge on any atom is -0.281 e. The zero-order valence-electron chi connectivity index (χ0n) is 16.2. The molecular formula is C22H18BrFN2O4. The summed E-state index contributed by atoms with van der Waals surface area (Å²) in [7, 11) is 0. The Kier molecular flexibility index (Phi) is 5.05. The molecule has 2 aliphatic rings. The van der Waals surface area contributed by atoms with E-state index in [1.807, 2.05) is 6.92 Å². The second-order valence-corrected chi connectivity index (χ2v) is 8.33. The number of amides is 4. The molecule has 4 rings (SSSR count). The summed E-state index contributed by atoms with van der Waals surface area (Å²) >= 11 is 3.18. The van der Waals surface area contributed by atoms with Crippen LogP contribution in [0.1, 0.15) is 41.3 Å². The number of halogens is 2. The summed E-state index contributed by atoms with van der Waals surface area (Å²) in [5, 5.41) is 0. The van der Waals surface area contributed by atoms with Crippen molar-refractivity contribution in [3.63, 3.8) is 0 Å². The molecule has 0 bridgehead atoms. The van der Waals surface area contributed by atoms with Gasteiger partial charge in [-0.1, -0.05) is 47.1 Å². The van der Waals surface area contributed by atoms with Crippen molar-refractivity contribution in [3.05, 3.63) is 69.4 Å². The van der Waals surface area contributed by atoms with Gasteiger partial charge in [0.2, 0.25) is 11.8 Å². The van der Waals surface area contributed by atoms with Crippen molar-refractivity contribution in [1.82, 2.24) is 9.80 Å². The van der Waals surface area contributed by atoms with Gasteiger partial charge in [0.1, 0.15) is 5.82 Å². The molecule has 1 saturated heterocycles. The Morgan fingerprint density at radius 2 is 1.73 bits per heavy atom. The Bertz CT molecular complexity index is 1100. The highest BCUT2D eigenvalue weighted by Gasteiger charge is 2.62. The summed E-state index contributed by atoms with van der Waals surface area (Å²) in [5.74, 6) is -3.06. The summed E-state index contributed by atoms with van der Waals surface area (Å²) in [6.07, 6.45) is 0.213. The number of hydrogen-bond acceptors (Lipinski definition) is 4. The molecule has 1 atom stereocenters. The minimum atomic E-state index is -1.79. The molecule has 0 N–H and O–H groups in total. The highest BCUT2D eigenvalue weighted by molar-refractivity contribution is 9.10. The number of carbonyl (C=O) groups excluding carboxylic acids is 4. The molecule has 4 amide bonds. The first-order valence-corrected chi connectivity index (χ1v) is 10.3. The average Bonchev–Trinajstić information content (AvgIpc) is 2.97. The number of likely N-dealkylation sites (tertiary alicyclic amines) is 1. The van der Waals surface area contributed by atoms with E-state index in [1.165, 1.54) is 18.2 Å². The number of carbonyl (C=O) groups is 4. The molecule has 8 heteroatoms. The van der Waals surface area contributed by atoms with Crippen LogP contribution in [0.15, 0.2) is 46.9 Å². The van der Waals surface area contributed by atoms with E-state index in [2.05, 4.69) is 15.9 Å². The van der Waals surface area contributed by atoms with Crippen LogP contribution >= 0.6 is 15.9 Å². The molecule has 2 heterocycles. The number of hydrogen-bond donors (Lipinski definition) is 0. The van der Waals surface area contributed by atoms with Crippen molar-refractivity contribution in [2.75, 3.05) is 6.54 Å². The Morgan fingerprint density at radius 3 is 2.43 bits per heavy atom. The second-order valence-electron chi connectivity index (χ2n) is 7.41. The number of rotatable bonds is 4. The SMILES string of the molecule is CCCN1C(=O)CC2(C1=O)C(=O)N(Cc1ccc(Br)cc1F)C(=O)c1ccccc12. The standard InChI is InChI=1S/C22H18BrFN2O4/c1-2-9-25-18(27)11-22(20(25)29)16-6-4-3-5-15(16)19(28)26(21(22)30)12-13-7-8-14(23)10-17(13)24/h3-8,10H,2,9,11-12H2,1H3. The van der Waals surface area contributed by atoms with E-state index in [1.54, 1.807) is 24.3 Å². The third-order valence-corrected chi connectivity index (χ3v) is 6.08. The molecule has 0 saturated carbocycles. The van der Waals surface area contributed by atoms with E-state index in [4.69, 9.17) is 0 Å². The van der Waals surface area contributed by atoms with Crippen LogP contribution in [-0.4, -0.2) is 40.0 Å². The van der Waals surface area contributed by atoms with Crippen LogP contribution in [0.5, 0.6) is 0 Å². The van der Waals surface area contributed by atoms with Gasteiger partial charge in [0, 0.05) is 22.1 Å². The Balaban J connectivity index is 1.84. The molecule has 6 nitrogen and oxygen atoms in total. The maximum atomic E-state index is 14.4. The maximum Gasteiger partial charge on any atom is 0.261 e. The number of imide groups is 2. The minimum absolute atomic E-state index is 0.136. The first kappa shape index (κ1) is 20.4. The average molecular weight is 473 g/mol. The first-order valence-electron chi connectivity index (χ1n) is 9.55. The summed E-state index contributed by atoms with van der Waals surface area (Å²) < 4.78 is 14.9. The molecule has 30 heavy (non-hydrogen) atoms. The zero-order valence-corrected chi connectivity index (χ0v) is 17.7. The van der Waals surface area contributed by atoms with Gasteiger partial charge in [-0.3, -0.25) is 29.0 Å². The first-order chi connectivity index (χ1) is 14.3. The number of nitrogens with zero attached hydrogens (tertiary/aromatic N) is 2. The van der Waals surface area contributed by atoms with Crippen LogP contribution in [0.2, 0.25) is 0 Å². The lowest BCUT2D eigenvalue weighted by Gasteiger charge is -2.37. The van der Waals surface area contributed by atoms with E-state index < -0.39 is 34.9 Å². The number of benzene rings is 2. The molecule has 1 spiro atoms. The Morgan fingerprint density at radius 1 is 1.03 bits per heavy atom. The fourth-order valence-corrected chi connectivity index (χ4v) is 4.49. The topological polar surface area (TPSA) is 74.8 Å². The van der Waals surface area contributed by atoms with Crippen LogP contribution in [0.25, 0.3) is 0 Å². The van der Waals surface area contributed by atoms with Crippen LogP contribution in [-0.2, 0) is 26.3 Å². The predicted molar refractivity (Wildman–Crippen MR) is 109 cm³/mol. The molecule has 154 valence electrons. The second kappa shape index (κ2) is 7.43. The van der Waals surface area contributed by atoms with Crippen molar-refractivity contribution in [2.24, 2.45) is 0 Å². The van der Waals surface area contributed by atoms with Gasteiger partial charge in [-0.05, 0) is 30.2 Å². The van der Waals surface area contributed by atoms with Crippen LogP contribution in [0.4, 0.5) is 4.39 Å². The smallest absolute Gasteiger partial charge is 0.261 e. The molecule has 0 radical (unpaired) electrons. The predicted octanol–water partition coefficient (Wildman–Crippen LogP) is 3.18. The highest BCUT2D eigenvalue weighted by atomic mass is 79.9. The molecule has 0 aromatic heterocycles. The molecule has 2 aromatic rings. The molecule has 2 aromatic carbocycles. The van der Waals surface area contributed by atoms with E-state index >= 15 is 0 Å². The van der Waals surface area contributed by atoms with E-state index in [9.17, 15) is 23.6 Å². The zero-order chi connectivity index (χ0) is 21.6. The van der Waals surface area contributed by atoms with Gasteiger partial charge >= 0.3 is 0 Å². The third-order valence-electron chi connectivity index (χ3n) is 5.59. The van der Waals surface area contributed by atoms with E-state index in [0.29, 0.717) is 10.9 Å². The fraction of sp³-hybridized carbons (Fsp3) is 0.273. The van der Waals surface area contributed by atoms with Gasteiger partial charge in [-0.2, -0.15) is 0 Å². The molecule has 1 unspecified atom stereocenters. The van der Waals surface area contributed by atoms with E-state index in [-0.39, 0.29) is 36.2 Å². The van der Waals surface area contributed by atoms with Gasteiger partial charge in [0.15, 0.2) is 5.41 Å². The largest absolute Gasteiger partial charge is 0.281 e. The summed E-state index contributed by atoms with van der Waals surface area (Å²) in [6.45, 7) is 1.70. The van der Waals surface area contributed by atoms with Crippen molar-refractivity contribution in [1.29, 1.82) is 0 Å². The van der Waals surface area contributed by atoms with Gasteiger partial charge in [-0.15, -0.1) is 0 Å². The Labute approximate surface area is 180 Å². The lowest BCUT2D eigenvalue weighted by Crippen LogP contribution is -2.57. The van der Waals surface area contributed by atoms with Crippen molar-refractivity contribution >= 4 is 39.6 Å². The van der Waals surface area contributed by atoms with Gasteiger partial charge in [-0.25, -0.2) is 4.39 Å².